The van der Waals surface area contributed by atoms with Crippen LogP contribution < -0.4 is 14.2 Å². The van der Waals surface area contributed by atoms with Gasteiger partial charge in [-0.1, -0.05) is 29.3 Å². The number of halogens is 2. The van der Waals surface area contributed by atoms with Crippen LogP contribution in [0.1, 0.15) is 11.6 Å². The first-order valence-corrected chi connectivity index (χ1v) is 11.6. The van der Waals surface area contributed by atoms with E-state index >= 15 is 0 Å². The van der Waals surface area contributed by atoms with Crippen molar-refractivity contribution >= 4 is 33.2 Å². The number of sulfonamides is 1. The van der Waals surface area contributed by atoms with Gasteiger partial charge in [-0.3, -0.25) is 4.90 Å². The van der Waals surface area contributed by atoms with Crippen molar-refractivity contribution < 1.29 is 22.6 Å². The Hall–Kier alpha value is -1.55. The number of methoxy groups -OCH3 is 2. The monoisotopic (exact) mass is 474 g/mol. The van der Waals surface area contributed by atoms with Gasteiger partial charge in [-0.25, -0.2) is 13.1 Å². The number of ether oxygens (including phenoxy) is 3. The van der Waals surface area contributed by atoms with Gasteiger partial charge in [-0.15, -0.1) is 0 Å². The smallest absolute Gasteiger partial charge is 0.240 e. The van der Waals surface area contributed by atoms with Gasteiger partial charge in [0.2, 0.25) is 10.0 Å². The van der Waals surface area contributed by atoms with Crippen LogP contribution in [-0.4, -0.2) is 60.4 Å². The third kappa shape index (κ3) is 5.57. The summed E-state index contributed by atoms with van der Waals surface area (Å²) in [7, 11) is -0.671. The predicted octanol–water partition coefficient (Wildman–Crippen LogP) is 3.36. The van der Waals surface area contributed by atoms with Crippen molar-refractivity contribution in [3.05, 3.63) is 52.0 Å². The average molecular weight is 475 g/mol. The van der Waals surface area contributed by atoms with Crippen LogP contribution in [0.3, 0.4) is 0 Å². The molecular weight excluding hydrogens is 451 g/mol. The Kier molecular flexibility index (Phi) is 7.84. The fourth-order valence-electron chi connectivity index (χ4n) is 3.36. The van der Waals surface area contributed by atoms with Crippen molar-refractivity contribution in [1.29, 1.82) is 0 Å². The molecule has 1 unspecified atom stereocenters. The molecule has 1 aliphatic rings. The molecule has 30 heavy (non-hydrogen) atoms. The molecule has 1 aliphatic heterocycles. The average Bonchev–Trinajstić information content (AvgIpc) is 2.73. The number of hydrogen-bond acceptors (Lipinski definition) is 6. The van der Waals surface area contributed by atoms with Crippen LogP contribution in [0.5, 0.6) is 11.5 Å². The Morgan fingerprint density at radius 3 is 2.27 bits per heavy atom. The molecule has 10 heteroatoms. The molecule has 1 N–H and O–H groups in total. The molecule has 1 saturated heterocycles. The number of benzene rings is 2. The quantitative estimate of drug-likeness (QED) is 0.631. The summed E-state index contributed by atoms with van der Waals surface area (Å²) in [5, 5.41) is 0.514. The van der Waals surface area contributed by atoms with Crippen molar-refractivity contribution in [2.75, 3.05) is 47.1 Å². The third-order valence-electron chi connectivity index (χ3n) is 4.89. The van der Waals surface area contributed by atoms with Crippen LogP contribution in [0.4, 0.5) is 0 Å². The molecule has 2 aromatic carbocycles. The minimum absolute atomic E-state index is 0.0213. The Morgan fingerprint density at radius 1 is 1.03 bits per heavy atom. The van der Waals surface area contributed by atoms with E-state index in [0.717, 1.165) is 5.56 Å². The SMILES string of the molecule is COc1ccc(C(CNS(=O)(=O)c2cc(Cl)cc(Cl)c2)N2CCOCC2)cc1OC. The Bertz CT molecular complexity index is 961. The predicted molar refractivity (Wildman–Crippen MR) is 116 cm³/mol. The zero-order valence-corrected chi connectivity index (χ0v) is 19.1. The van der Waals surface area contributed by atoms with Crippen LogP contribution in [0.2, 0.25) is 10.0 Å². The molecule has 7 nitrogen and oxygen atoms in total. The summed E-state index contributed by atoms with van der Waals surface area (Å²) < 4.78 is 44.6. The second-order valence-corrected chi connectivity index (χ2v) is 9.38. The van der Waals surface area contributed by atoms with E-state index in [-0.39, 0.29) is 27.5 Å². The van der Waals surface area contributed by atoms with Crippen LogP contribution in [0, 0.1) is 0 Å². The maximum absolute atomic E-state index is 12.9. The molecule has 0 aromatic heterocycles. The van der Waals surface area contributed by atoms with Gasteiger partial charge in [-0.2, -0.15) is 0 Å². The molecule has 0 amide bonds. The maximum atomic E-state index is 12.9. The van der Waals surface area contributed by atoms with Gasteiger partial charge >= 0.3 is 0 Å². The van der Waals surface area contributed by atoms with E-state index in [0.29, 0.717) is 37.8 Å². The summed E-state index contributed by atoms with van der Waals surface area (Å²) in [6, 6.07) is 9.59. The lowest BCUT2D eigenvalue weighted by Gasteiger charge is -2.35. The topological polar surface area (TPSA) is 77.1 Å². The van der Waals surface area contributed by atoms with E-state index in [1.54, 1.807) is 14.2 Å². The Labute approximate surface area is 186 Å². The highest BCUT2D eigenvalue weighted by molar-refractivity contribution is 7.89. The molecule has 1 atom stereocenters. The molecular formula is C20H24Cl2N2O5S. The normalized spacial score (nSPS) is 16.3. The first-order chi connectivity index (χ1) is 14.3. The molecule has 3 rings (SSSR count). The van der Waals surface area contributed by atoms with Crippen LogP contribution in [-0.2, 0) is 14.8 Å². The van der Waals surface area contributed by atoms with Crippen LogP contribution in [0.25, 0.3) is 0 Å². The highest BCUT2D eigenvalue weighted by atomic mass is 35.5. The number of nitrogens with one attached hydrogen (secondary N) is 1. The fourth-order valence-corrected chi connectivity index (χ4v) is 5.13. The second-order valence-electron chi connectivity index (χ2n) is 6.74. The maximum Gasteiger partial charge on any atom is 0.240 e. The van der Waals surface area contributed by atoms with Crippen molar-refractivity contribution in [2.24, 2.45) is 0 Å². The molecule has 2 aromatic rings. The van der Waals surface area contributed by atoms with Gasteiger partial charge in [-0.05, 0) is 35.9 Å². The second kappa shape index (κ2) is 10.2. The van der Waals surface area contributed by atoms with Crippen LogP contribution in [0.15, 0.2) is 41.3 Å². The van der Waals surface area contributed by atoms with Crippen LogP contribution >= 0.6 is 23.2 Å². The molecule has 1 fully saturated rings. The van der Waals surface area contributed by atoms with Crippen molar-refractivity contribution in [3.8, 4) is 11.5 Å². The highest BCUT2D eigenvalue weighted by Gasteiger charge is 2.26. The summed E-state index contributed by atoms with van der Waals surface area (Å²) in [6.07, 6.45) is 0. The first kappa shape index (κ1) is 23.1. The molecule has 0 radical (unpaired) electrons. The molecule has 0 spiro atoms. The minimum Gasteiger partial charge on any atom is -0.493 e. The molecule has 164 valence electrons. The van der Waals surface area contributed by atoms with E-state index in [2.05, 4.69) is 9.62 Å². The van der Waals surface area contributed by atoms with E-state index in [4.69, 9.17) is 37.4 Å². The standard InChI is InChI=1S/C20H24Cl2N2O5S/c1-27-19-4-3-14(9-20(19)28-2)18(24-5-7-29-8-6-24)13-23-30(25,26)17-11-15(21)10-16(22)12-17/h3-4,9-12,18,23H,5-8,13H2,1-2H3. The summed E-state index contributed by atoms with van der Waals surface area (Å²) >= 11 is 11.9. The Balaban J connectivity index is 1.88. The van der Waals surface area contributed by atoms with Gasteiger partial charge in [0, 0.05) is 35.7 Å². The van der Waals surface area contributed by atoms with Gasteiger partial charge < -0.3 is 14.2 Å². The minimum atomic E-state index is -3.81. The fraction of sp³-hybridized carbons (Fsp3) is 0.400. The molecule has 0 aliphatic carbocycles. The lowest BCUT2D eigenvalue weighted by molar-refractivity contribution is 0.0171. The lowest BCUT2D eigenvalue weighted by Crippen LogP contribution is -2.43. The summed E-state index contributed by atoms with van der Waals surface area (Å²) in [5.74, 6) is 1.19. The van der Waals surface area contributed by atoms with Crippen molar-refractivity contribution in [1.82, 2.24) is 9.62 Å². The van der Waals surface area contributed by atoms with E-state index in [1.165, 1.54) is 18.2 Å². The van der Waals surface area contributed by atoms with Gasteiger partial charge in [0.05, 0.1) is 32.3 Å². The lowest BCUT2D eigenvalue weighted by atomic mass is 10.0. The van der Waals surface area contributed by atoms with Gasteiger partial charge in [0.1, 0.15) is 0 Å². The highest BCUT2D eigenvalue weighted by Crippen LogP contribution is 2.32. The summed E-state index contributed by atoms with van der Waals surface area (Å²) in [5.41, 5.74) is 0.904. The summed E-state index contributed by atoms with van der Waals surface area (Å²) in [6.45, 7) is 2.69. The largest absolute Gasteiger partial charge is 0.493 e. The summed E-state index contributed by atoms with van der Waals surface area (Å²) in [4.78, 5) is 2.20. The number of rotatable bonds is 8. The molecule has 1 heterocycles. The third-order valence-corrected chi connectivity index (χ3v) is 6.73. The zero-order chi connectivity index (χ0) is 21.7. The number of hydrogen-bond donors (Lipinski definition) is 1. The molecule has 0 bridgehead atoms. The zero-order valence-electron chi connectivity index (χ0n) is 16.7. The van der Waals surface area contributed by atoms with Crippen molar-refractivity contribution in [3.63, 3.8) is 0 Å². The van der Waals surface area contributed by atoms with Gasteiger partial charge in [0.15, 0.2) is 11.5 Å². The number of morpholine rings is 1. The first-order valence-electron chi connectivity index (χ1n) is 9.33. The Morgan fingerprint density at radius 2 is 1.67 bits per heavy atom. The van der Waals surface area contributed by atoms with Crippen molar-refractivity contribution in [2.45, 2.75) is 10.9 Å². The molecule has 0 saturated carbocycles. The van der Waals surface area contributed by atoms with E-state index in [1.807, 2.05) is 18.2 Å². The van der Waals surface area contributed by atoms with E-state index in [9.17, 15) is 8.42 Å². The van der Waals surface area contributed by atoms with Gasteiger partial charge in [0.25, 0.3) is 0 Å². The van der Waals surface area contributed by atoms with E-state index < -0.39 is 10.0 Å². The number of nitrogens with zero attached hydrogens (tertiary/aromatic N) is 1.